The Hall–Kier alpha value is -2.15. The molecule has 8 heteroatoms. The molecule has 21 heavy (non-hydrogen) atoms. The molecule has 0 fully saturated rings. The van der Waals surface area contributed by atoms with E-state index in [1.165, 1.54) is 19.3 Å². The van der Waals surface area contributed by atoms with Gasteiger partial charge >= 0.3 is 5.97 Å². The normalized spacial score (nSPS) is 10.8. The molecule has 0 saturated heterocycles. The SMILES string of the molecule is Cc1cc(C(F)F)c(OC(=O)c2cnccn2)c(F)c1Cl. The summed E-state index contributed by atoms with van der Waals surface area (Å²) >= 11 is 5.65. The zero-order valence-electron chi connectivity index (χ0n) is 10.6. The van der Waals surface area contributed by atoms with Crippen LogP contribution in [-0.4, -0.2) is 15.9 Å². The topological polar surface area (TPSA) is 52.1 Å². The number of ether oxygens (including phenoxy) is 1. The van der Waals surface area contributed by atoms with Crippen LogP contribution in [0.15, 0.2) is 24.7 Å². The molecule has 0 N–H and O–H groups in total. The number of alkyl halides is 2. The van der Waals surface area contributed by atoms with Crippen molar-refractivity contribution in [2.24, 2.45) is 0 Å². The highest BCUT2D eigenvalue weighted by molar-refractivity contribution is 6.31. The Morgan fingerprint density at radius 2 is 2.10 bits per heavy atom. The van der Waals surface area contributed by atoms with E-state index in [1.807, 2.05) is 0 Å². The minimum absolute atomic E-state index is 0.115. The largest absolute Gasteiger partial charge is 0.418 e. The van der Waals surface area contributed by atoms with E-state index in [1.54, 1.807) is 0 Å². The molecule has 2 aromatic rings. The lowest BCUT2D eigenvalue weighted by Gasteiger charge is -2.13. The third-order valence-electron chi connectivity index (χ3n) is 2.57. The highest BCUT2D eigenvalue weighted by atomic mass is 35.5. The molecule has 4 nitrogen and oxygen atoms in total. The van der Waals surface area contributed by atoms with Gasteiger partial charge in [-0.3, -0.25) is 4.98 Å². The molecule has 110 valence electrons. The number of hydrogen-bond acceptors (Lipinski definition) is 4. The quantitative estimate of drug-likeness (QED) is 0.639. The molecule has 0 atom stereocenters. The van der Waals surface area contributed by atoms with Crippen molar-refractivity contribution in [3.05, 3.63) is 52.3 Å². The van der Waals surface area contributed by atoms with Crippen molar-refractivity contribution in [1.82, 2.24) is 9.97 Å². The standard InChI is InChI=1S/C13H8ClF3N2O2/c1-6-4-7(12(16)17)11(10(15)9(6)14)21-13(20)8-5-18-2-3-19-8/h2-5,12H,1H3. The zero-order valence-corrected chi connectivity index (χ0v) is 11.4. The maximum atomic E-state index is 14.0. The van der Waals surface area contributed by atoms with Crippen molar-refractivity contribution in [2.75, 3.05) is 0 Å². The fourth-order valence-corrected chi connectivity index (χ4v) is 1.72. The number of aryl methyl sites for hydroxylation is 1. The van der Waals surface area contributed by atoms with E-state index in [-0.39, 0.29) is 16.3 Å². The van der Waals surface area contributed by atoms with Crippen LogP contribution >= 0.6 is 11.6 Å². The van der Waals surface area contributed by atoms with Crippen molar-refractivity contribution < 1.29 is 22.7 Å². The van der Waals surface area contributed by atoms with Crippen LogP contribution in [0.25, 0.3) is 0 Å². The number of aromatic nitrogens is 2. The van der Waals surface area contributed by atoms with Gasteiger partial charge in [0.25, 0.3) is 6.43 Å². The zero-order chi connectivity index (χ0) is 15.6. The number of esters is 1. The predicted molar refractivity (Wildman–Crippen MR) is 68.1 cm³/mol. The summed E-state index contributed by atoms with van der Waals surface area (Å²) in [5.41, 5.74) is -0.885. The van der Waals surface area contributed by atoms with Crippen LogP contribution in [0.4, 0.5) is 13.2 Å². The average Bonchev–Trinajstić information content (AvgIpc) is 2.48. The molecule has 1 aromatic carbocycles. The summed E-state index contributed by atoms with van der Waals surface area (Å²) in [6.45, 7) is 1.37. The van der Waals surface area contributed by atoms with Gasteiger partial charge in [0.2, 0.25) is 0 Å². The molecule has 2 rings (SSSR count). The predicted octanol–water partition coefficient (Wildman–Crippen LogP) is 3.73. The van der Waals surface area contributed by atoms with Gasteiger partial charge in [-0.05, 0) is 18.6 Å². The molecule has 1 aromatic heterocycles. The molecule has 0 aliphatic heterocycles. The Morgan fingerprint density at radius 1 is 1.38 bits per heavy atom. The van der Waals surface area contributed by atoms with Crippen LogP contribution in [0.1, 0.15) is 28.0 Å². The second kappa shape index (κ2) is 6.09. The molecular formula is C13H8ClF3N2O2. The van der Waals surface area contributed by atoms with Gasteiger partial charge in [0.05, 0.1) is 16.8 Å². The minimum atomic E-state index is -3.03. The third kappa shape index (κ3) is 3.13. The maximum Gasteiger partial charge on any atom is 0.364 e. The maximum absolute atomic E-state index is 14.0. The number of halogens is 4. The van der Waals surface area contributed by atoms with Gasteiger partial charge in [-0.1, -0.05) is 11.6 Å². The van der Waals surface area contributed by atoms with Gasteiger partial charge in [0.1, 0.15) is 0 Å². The Balaban J connectivity index is 2.44. The number of carbonyl (C=O) groups excluding carboxylic acids is 1. The van der Waals surface area contributed by atoms with E-state index < -0.39 is 29.5 Å². The molecular weight excluding hydrogens is 309 g/mol. The number of benzene rings is 1. The van der Waals surface area contributed by atoms with E-state index in [4.69, 9.17) is 11.6 Å². The first-order chi connectivity index (χ1) is 9.91. The minimum Gasteiger partial charge on any atom is -0.418 e. The van der Waals surface area contributed by atoms with Crippen LogP contribution in [-0.2, 0) is 0 Å². The summed E-state index contributed by atoms with van der Waals surface area (Å²) in [5, 5.41) is -0.388. The van der Waals surface area contributed by atoms with Crippen molar-refractivity contribution >= 4 is 17.6 Å². The molecule has 0 saturated carbocycles. The van der Waals surface area contributed by atoms with Crippen LogP contribution in [0.5, 0.6) is 5.75 Å². The molecule has 0 amide bonds. The third-order valence-corrected chi connectivity index (χ3v) is 3.04. The summed E-state index contributed by atoms with van der Waals surface area (Å²) < 4.78 is 44.5. The summed E-state index contributed by atoms with van der Waals surface area (Å²) in [4.78, 5) is 19.0. The molecule has 0 spiro atoms. The Labute approximate surface area is 122 Å². The van der Waals surface area contributed by atoms with E-state index in [0.717, 1.165) is 12.3 Å². The number of carbonyl (C=O) groups is 1. The van der Waals surface area contributed by atoms with Crippen LogP contribution in [0.3, 0.4) is 0 Å². The second-order valence-corrected chi connectivity index (χ2v) is 4.40. The van der Waals surface area contributed by atoms with Crippen molar-refractivity contribution in [2.45, 2.75) is 13.3 Å². The summed E-state index contributed by atoms with van der Waals surface area (Å²) in [6, 6.07) is 0.968. The van der Waals surface area contributed by atoms with Crippen molar-refractivity contribution in [3.8, 4) is 5.75 Å². The van der Waals surface area contributed by atoms with Gasteiger partial charge in [0.15, 0.2) is 17.3 Å². The van der Waals surface area contributed by atoms with Gasteiger partial charge in [-0.2, -0.15) is 0 Å². The van der Waals surface area contributed by atoms with E-state index in [0.29, 0.717) is 0 Å². The Bertz CT molecular complexity index is 681. The number of hydrogen-bond donors (Lipinski definition) is 0. The lowest BCUT2D eigenvalue weighted by atomic mass is 10.1. The number of nitrogens with zero attached hydrogens (tertiary/aromatic N) is 2. The highest BCUT2D eigenvalue weighted by Crippen LogP contribution is 2.37. The fourth-order valence-electron chi connectivity index (χ4n) is 1.58. The smallest absolute Gasteiger partial charge is 0.364 e. The lowest BCUT2D eigenvalue weighted by molar-refractivity contribution is 0.0708. The van der Waals surface area contributed by atoms with Gasteiger partial charge in [-0.15, -0.1) is 0 Å². The van der Waals surface area contributed by atoms with Gasteiger partial charge < -0.3 is 4.74 Å². The average molecular weight is 317 g/mol. The van der Waals surface area contributed by atoms with Crippen LogP contribution in [0, 0.1) is 12.7 Å². The van der Waals surface area contributed by atoms with E-state index in [9.17, 15) is 18.0 Å². The van der Waals surface area contributed by atoms with Crippen LogP contribution in [0.2, 0.25) is 5.02 Å². The lowest BCUT2D eigenvalue weighted by Crippen LogP contribution is -2.13. The first kappa shape index (κ1) is 15.2. The summed E-state index contributed by atoms with van der Waals surface area (Å²) in [5.74, 6) is -3.23. The summed E-state index contributed by atoms with van der Waals surface area (Å²) in [7, 11) is 0. The molecule has 0 radical (unpaired) electrons. The monoisotopic (exact) mass is 316 g/mol. The van der Waals surface area contributed by atoms with Crippen LogP contribution < -0.4 is 4.74 Å². The van der Waals surface area contributed by atoms with Gasteiger partial charge in [-0.25, -0.2) is 22.9 Å². The highest BCUT2D eigenvalue weighted by Gasteiger charge is 2.25. The van der Waals surface area contributed by atoms with Crippen molar-refractivity contribution in [1.29, 1.82) is 0 Å². The van der Waals surface area contributed by atoms with Gasteiger partial charge in [0, 0.05) is 12.4 Å². The second-order valence-electron chi connectivity index (χ2n) is 4.02. The Kier molecular flexibility index (Phi) is 4.42. The van der Waals surface area contributed by atoms with E-state index >= 15 is 0 Å². The number of rotatable bonds is 3. The molecule has 0 bridgehead atoms. The first-order valence-corrected chi connectivity index (χ1v) is 6.04. The molecule has 0 aliphatic rings. The Morgan fingerprint density at radius 3 is 2.67 bits per heavy atom. The first-order valence-electron chi connectivity index (χ1n) is 5.66. The van der Waals surface area contributed by atoms with Crippen molar-refractivity contribution in [3.63, 3.8) is 0 Å². The van der Waals surface area contributed by atoms with E-state index in [2.05, 4.69) is 14.7 Å². The molecule has 0 unspecified atom stereocenters. The molecule has 1 heterocycles. The molecule has 0 aliphatic carbocycles. The fraction of sp³-hybridized carbons (Fsp3) is 0.154. The summed E-state index contributed by atoms with van der Waals surface area (Å²) in [6.07, 6.45) is 0.561.